The molecule has 0 aliphatic carbocycles. The van der Waals surface area contributed by atoms with Crippen LogP contribution in [0.4, 0.5) is 10.7 Å². The van der Waals surface area contributed by atoms with Gasteiger partial charge in [-0.1, -0.05) is 6.07 Å². The zero-order valence-corrected chi connectivity index (χ0v) is 14.2. The second-order valence-electron chi connectivity index (χ2n) is 6.14. The molecule has 25 heavy (non-hydrogen) atoms. The van der Waals surface area contributed by atoms with Gasteiger partial charge in [0, 0.05) is 12.3 Å². The Morgan fingerprint density at radius 3 is 3.08 bits per heavy atom. The van der Waals surface area contributed by atoms with Gasteiger partial charge in [0.2, 0.25) is 6.79 Å². The molecule has 0 saturated heterocycles. The molecule has 2 unspecified atom stereocenters. The Balaban J connectivity index is 1.55. The highest BCUT2D eigenvalue weighted by molar-refractivity contribution is 5.82. The Morgan fingerprint density at radius 2 is 2.24 bits per heavy atom. The van der Waals surface area contributed by atoms with Crippen LogP contribution in [-0.2, 0) is 11.2 Å². The van der Waals surface area contributed by atoms with Crippen molar-refractivity contribution in [3.05, 3.63) is 29.6 Å². The van der Waals surface area contributed by atoms with Gasteiger partial charge in [0.15, 0.2) is 11.5 Å². The number of nitrogens with one attached hydrogen (secondary N) is 1. The van der Waals surface area contributed by atoms with Gasteiger partial charge >= 0.3 is 6.09 Å². The highest BCUT2D eigenvalue weighted by Gasteiger charge is 2.31. The summed E-state index contributed by atoms with van der Waals surface area (Å²) in [5.74, 6) is 3.02. The monoisotopic (exact) mass is 344 g/mol. The molecule has 8 heteroatoms. The van der Waals surface area contributed by atoms with E-state index in [0.29, 0.717) is 12.5 Å². The van der Waals surface area contributed by atoms with Crippen LogP contribution in [-0.4, -0.2) is 34.3 Å². The number of aromatic nitrogens is 3. The molecule has 0 fully saturated rings. The summed E-state index contributed by atoms with van der Waals surface area (Å²) in [5, 5.41) is 7.01. The molecule has 2 atom stereocenters. The minimum atomic E-state index is -0.537. The lowest BCUT2D eigenvalue weighted by Gasteiger charge is -2.29. The molecular formula is C17H20N4O4. The van der Waals surface area contributed by atoms with Gasteiger partial charge in [-0.3, -0.25) is 5.32 Å². The highest BCUT2D eigenvalue weighted by atomic mass is 16.7. The van der Waals surface area contributed by atoms with Crippen molar-refractivity contribution in [2.24, 2.45) is 0 Å². The fourth-order valence-corrected chi connectivity index (χ4v) is 3.45. The van der Waals surface area contributed by atoms with Crippen molar-refractivity contribution >= 4 is 12.0 Å². The number of anilines is 1. The zero-order valence-electron chi connectivity index (χ0n) is 14.2. The van der Waals surface area contributed by atoms with Gasteiger partial charge in [-0.15, -0.1) is 5.10 Å². The van der Waals surface area contributed by atoms with E-state index in [-0.39, 0.29) is 18.8 Å². The lowest BCUT2D eigenvalue weighted by molar-refractivity contribution is 0.167. The first-order valence-corrected chi connectivity index (χ1v) is 8.44. The van der Waals surface area contributed by atoms with Crippen LogP contribution in [0.2, 0.25) is 0 Å². The molecule has 2 aliphatic rings. The van der Waals surface area contributed by atoms with Crippen molar-refractivity contribution in [1.82, 2.24) is 14.8 Å². The maximum atomic E-state index is 11.6. The number of rotatable bonds is 3. The van der Waals surface area contributed by atoms with Crippen molar-refractivity contribution < 1.29 is 19.0 Å². The number of amides is 1. The van der Waals surface area contributed by atoms with E-state index in [1.54, 1.807) is 6.92 Å². The molecule has 1 aromatic carbocycles. The van der Waals surface area contributed by atoms with Gasteiger partial charge in [-0.05, 0) is 38.0 Å². The third-order valence-electron chi connectivity index (χ3n) is 4.66. The van der Waals surface area contributed by atoms with E-state index in [0.717, 1.165) is 30.2 Å². The molecule has 1 aromatic heterocycles. The number of carbonyl (C=O) groups is 1. The largest absolute Gasteiger partial charge is 0.454 e. The number of carbonyl (C=O) groups excluding carboxylic acids is 1. The Bertz CT molecular complexity index is 804. The van der Waals surface area contributed by atoms with Crippen LogP contribution in [0.1, 0.15) is 43.6 Å². The molecule has 132 valence electrons. The van der Waals surface area contributed by atoms with E-state index in [2.05, 4.69) is 28.4 Å². The minimum absolute atomic E-state index is 0.120. The van der Waals surface area contributed by atoms with Gasteiger partial charge in [0.05, 0.1) is 12.6 Å². The second kappa shape index (κ2) is 6.27. The molecule has 0 saturated carbocycles. The average Bonchev–Trinajstić information content (AvgIpc) is 3.21. The lowest BCUT2D eigenvalue weighted by Crippen LogP contribution is -2.24. The normalized spacial score (nSPS) is 20.9. The summed E-state index contributed by atoms with van der Waals surface area (Å²) in [6, 6.07) is 6.20. The molecule has 2 aromatic rings. The zero-order chi connectivity index (χ0) is 17.4. The summed E-state index contributed by atoms with van der Waals surface area (Å²) in [7, 11) is 0. The molecule has 1 amide bonds. The third kappa shape index (κ3) is 2.88. The Kier molecular flexibility index (Phi) is 3.95. The Hall–Kier alpha value is -2.77. The smallest absolute Gasteiger partial charge is 0.414 e. The molecule has 1 N–H and O–H groups in total. The second-order valence-corrected chi connectivity index (χ2v) is 6.14. The molecule has 0 bridgehead atoms. The quantitative estimate of drug-likeness (QED) is 0.921. The summed E-state index contributed by atoms with van der Waals surface area (Å²) in [4.78, 5) is 16.0. The van der Waals surface area contributed by atoms with Gasteiger partial charge in [-0.25, -0.2) is 9.48 Å². The van der Waals surface area contributed by atoms with E-state index in [9.17, 15) is 4.79 Å². The average molecular weight is 344 g/mol. The van der Waals surface area contributed by atoms with Gasteiger partial charge < -0.3 is 14.2 Å². The number of ether oxygens (including phenoxy) is 3. The van der Waals surface area contributed by atoms with Crippen LogP contribution in [0.3, 0.4) is 0 Å². The SMILES string of the molecule is CCOC(=O)Nc1nc2n(n1)C(C)C(c1ccc3c(c1)OCO3)CC2. The van der Waals surface area contributed by atoms with Crippen LogP contribution >= 0.6 is 0 Å². The third-order valence-corrected chi connectivity index (χ3v) is 4.66. The summed E-state index contributed by atoms with van der Waals surface area (Å²) in [6.45, 7) is 4.45. The molecule has 4 rings (SSSR count). The van der Waals surface area contributed by atoms with Crippen molar-refractivity contribution in [2.45, 2.75) is 38.6 Å². The standard InChI is InChI=1S/C17H20N4O4/c1-3-23-17(22)19-16-18-15-7-5-12(10(2)21(15)20-16)11-4-6-13-14(8-11)25-9-24-13/h4,6,8,10,12H,3,5,7,9H2,1-2H3,(H,19,20,22). The predicted octanol–water partition coefficient (Wildman–Crippen LogP) is 2.87. The molecule has 2 aliphatic heterocycles. The molecule has 0 spiro atoms. The Morgan fingerprint density at radius 1 is 1.40 bits per heavy atom. The van der Waals surface area contributed by atoms with E-state index >= 15 is 0 Å². The summed E-state index contributed by atoms with van der Waals surface area (Å²) in [5.41, 5.74) is 1.19. The van der Waals surface area contributed by atoms with E-state index in [1.165, 1.54) is 5.56 Å². The van der Waals surface area contributed by atoms with E-state index in [4.69, 9.17) is 14.2 Å². The first kappa shape index (κ1) is 15.7. The number of hydrogen-bond donors (Lipinski definition) is 1. The van der Waals surface area contributed by atoms with Crippen molar-refractivity contribution in [3.8, 4) is 11.5 Å². The topological polar surface area (TPSA) is 87.5 Å². The Labute approximate surface area is 145 Å². The van der Waals surface area contributed by atoms with Crippen molar-refractivity contribution in [3.63, 3.8) is 0 Å². The van der Waals surface area contributed by atoms with Crippen molar-refractivity contribution in [2.75, 3.05) is 18.7 Å². The van der Waals surface area contributed by atoms with Gasteiger partial charge in [-0.2, -0.15) is 4.98 Å². The lowest BCUT2D eigenvalue weighted by atomic mass is 9.85. The summed E-state index contributed by atoms with van der Waals surface area (Å²) < 4.78 is 17.6. The fraction of sp³-hybridized carbons (Fsp3) is 0.471. The van der Waals surface area contributed by atoms with Crippen molar-refractivity contribution in [1.29, 1.82) is 0 Å². The van der Waals surface area contributed by atoms with Crippen LogP contribution in [0.15, 0.2) is 18.2 Å². The molecular weight excluding hydrogens is 324 g/mol. The molecule has 3 heterocycles. The van der Waals surface area contributed by atoms with Crippen LogP contribution in [0, 0.1) is 0 Å². The number of fused-ring (bicyclic) bond motifs is 2. The number of hydrogen-bond acceptors (Lipinski definition) is 6. The highest BCUT2D eigenvalue weighted by Crippen LogP contribution is 2.41. The van der Waals surface area contributed by atoms with E-state index < -0.39 is 6.09 Å². The summed E-state index contributed by atoms with van der Waals surface area (Å²) in [6.07, 6.45) is 1.21. The van der Waals surface area contributed by atoms with Crippen LogP contribution < -0.4 is 14.8 Å². The van der Waals surface area contributed by atoms with Crippen LogP contribution in [0.5, 0.6) is 11.5 Å². The fourth-order valence-electron chi connectivity index (χ4n) is 3.45. The predicted molar refractivity (Wildman–Crippen MR) is 89.0 cm³/mol. The molecule has 8 nitrogen and oxygen atoms in total. The first-order valence-electron chi connectivity index (χ1n) is 8.44. The van der Waals surface area contributed by atoms with E-state index in [1.807, 2.05) is 16.8 Å². The van der Waals surface area contributed by atoms with Crippen LogP contribution in [0.25, 0.3) is 0 Å². The number of aryl methyl sites for hydroxylation is 1. The number of benzene rings is 1. The summed E-state index contributed by atoms with van der Waals surface area (Å²) >= 11 is 0. The molecule has 0 radical (unpaired) electrons. The number of nitrogens with zero attached hydrogens (tertiary/aromatic N) is 3. The maximum absolute atomic E-state index is 11.6. The maximum Gasteiger partial charge on any atom is 0.414 e. The van der Waals surface area contributed by atoms with Gasteiger partial charge in [0.1, 0.15) is 5.82 Å². The minimum Gasteiger partial charge on any atom is -0.454 e. The van der Waals surface area contributed by atoms with Gasteiger partial charge in [0.25, 0.3) is 5.95 Å². The first-order chi connectivity index (χ1) is 12.2.